The number of alkyl halides is 2. The summed E-state index contributed by atoms with van der Waals surface area (Å²) in [5, 5.41) is 6.39. The monoisotopic (exact) mass is 454 g/mol. The maximum Gasteiger partial charge on any atom is 0.282 e. The number of thiophene rings is 1. The molecule has 0 bridgehead atoms. The van der Waals surface area contributed by atoms with Crippen molar-refractivity contribution in [2.45, 2.75) is 24.2 Å². The van der Waals surface area contributed by atoms with Gasteiger partial charge in [-0.15, -0.1) is 11.3 Å². The summed E-state index contributed by atoms with van der Waals surface area (Å²) in [6.07, 6.45) is -1.33. The highest BCUT2D eigenvalue weighted by Crippen LogP contribution is 2.34. The van der Waals surface area contributed by atoms with Gasteiger partial charge in [0.15, 0.2) is 0 Å². The van der Waals surface area contributed by atoms with E-state index < -0.39 is 28.0 Å². The zero-order valence-electron chi connectivity index (χ0n) is 15.6. The molecule has 2 heterocycles. The number of halogens is 2. The molecule has 1 aliphatic rings. The highest BCUT2D eigenvalue weighted by molar-refractivity contribution is 7.90. The number of nitrogens with zero attached hydrogens (tertiary/aromatic N) is 2. The van der Waals surface area contributed by atoms with Crippen molar-refractivity contribution in [3.8, 4) is 0 Å². The van der Waals surface area contributed by atoms with Crippen molar-refractivity contribution < 1.29 is 26.8 Å². The second-order valence-corrected chi connectivity index (χ2v) is 9.51. The second kappa shape index (κ2) is 7.43. The fraction of sp³-hybridized carbons (Fsp3) is 0.278. The van der Waals surface area contributed by atoms with Crippen LogP contribution in [-0.2, 0) is 21.9 Å². The summed E-state index contributed by atoms with van der Waals surface area (Å²) in [4.78, 5) is 24.6. The van der Waals surface area contributed by atoms with Crippen LogP contribution in [0.3, 0.4) is 0 Å². The van der Waals surface area contributed by atoms with Crippen LogP contribution in [-0.4, -0.2) is 30.0 Å². The number of sulfonamides is 1. The Kier molecular flexibility index (Phi) is 5.06. The SMILES string of the molecule is Cn1nc(C(F)F)c2cc(C(=O)NS(=O)(=O)c3ccccc3NC(=O)C3CC3)sc21. The first-order valence-corrected chi connectivity index (χ1v) is 11.2. The second-order valence-electron chi connectivity index (χ2n) is 6.83. The van der Waals surface area contributed by atoms with Gasteiger partial charge in [0.1, 0.15) is 15.4 Å². The summed E-state index contributed by atoms with van der Waals surface area (Å²) in [7, 11) is -2.86. The Morgan fingerprint density at radius 3 is 2.63 bits per heavy atom. The molecule has 30 heavy (non-hydrogen) atoms. The lowest BCUT2D eigenvalue weighted by Gasteiger charge is -2.12. The number of hydrogen-bond donors (Lipinski definition) is 2. The number of aromatic nitrogens is 2. The molecule has 1 aliphatic carbocycles. The summed E-state index contributed by atoms with van der Waals surface area (Å²) >= 11 is 0.854. The van der Waals surface area contributed by atoms with Crippen LogP contribution in [0.15, 0.2) is 35.2 Å². The fourth-order valence-corrected chi connectivity index (χ4v) is 5.12. The third kappa shape index (κ3) is 3.79. The van der Waals surface area contributed by atoms with Crippen LogP contribution in [0.1, 0.15) is 34.6 Å². The molecule has 0 saturated heterocycles. The number of rotatable bonds is 6. The Hall–Kier alpha value is -2.86. The van der Waals surface area contributed by atoms with E-state index in [-0.39, 0.29) is 32.7 Å². The third-order valence-electron chi connectivity index (χ3n) is 4.58. The molecule has 1 saturated carbocycles. The van der Waals surface area contributed by atoms with Crippen LogP contribution in [0.2, 0.25) is 0 Å². The molecule has 2 N–H and O–H groups in total. The smallest absolute Gasteiger partial charge is 0.282 e. The van der Waals surface area contributed by atoms with Gasteiger partial charge in [-0.05, 0) is 31.0 Å². The molecule has 2 aromatic heterocycles. The molecule has 0 spiro atoms. The van der Waals surface area contributed by atoms with Crippen molar-refractivity contribution in [3.05, 3.63) is 40.9 Å². The lowest BCUT2D eigenvalue weighted by atomic mass is 10.3. The minimum atomic E-state index is -4.32. The number of amides is 2. The van der Waals surface area contributed by atoms with Crippen molar-refractivity contribution >= 4 is 49.1 Å². The standard InChI is InChI=1S/C18H16F2N4O4S2/c1-24-18-10(14(22-24)15(19)20)8-12(29-18)17(26)23-30(27,28)13-5-3-2-4-11(13)21-16(25)9-6-7-9/h2-5,8-9,15H,6-7H2,1H3,(H,21,25)(H,23,26). The molecule has 12 heteroatoms. The van der Waals surface area contributed by atoms with Gasteiger partial charge in [-0.1, -0.05) is 12.1 Å². The van der Waals surface area contributed by atoms with Gasteiger partial charge in [-0.25, -0.2) is 21.9 Å². The summed E-state index contributed by atoms with van der Waals surface area (Å²) in [5.74, 6) is -1.37. The summed E-state index contributed by atoms with van der Waals surface area (Å²) in [5.41, 5.74) is -0.408. The summed E-state index contributed by atoms with van der Waals surface area (Å²) in [6, 6.07) is 6.92. The summed E-state index contributed by atoms with van der Waals surface area (Å²) in [6.45, 7) is 0. The molecule has 3 aromatic rings. The Morgan fingerprint density at radius 1 is 1.27 bits per heavy atom. The van der Waals surface area contributed by atoms with E-state index in [1.807, 2.05) is 4.72 Å². The molecule has 0 radical (unpaired) electrons. The van der Waals surface area contributed by atoms with E-state index >= 15 is 0 Å². The van der Waals surface area contributed by atoms with Crippen LogP contribution in [0.25, 0.3) is 10.2 Å². The first-order valence-electron chi connectivity index (χ1n) is 8.89. The van der Waals surface area contributed by atoms with E-state index in [2.05, 4.69) is 10.4 Å². The van der Waals surface area contributed by atoms with Gasteiger partial charge in [-0.2, -0.15) is 5.10 Å². The first-order chi connectivity index (χ1) is 14.2. The van der Waals surface area contributed by atoms with E-state index in [1.54, 1.807) is 6.07 Å². The lowest BCUT2D eigenvalue weighted by molar-refractivity contribution is -0.117. The molecule has 0 atom stereocenters. The van der Waals surface area contributed by atoms with Crippen LogP contribution in [0.4, 0.5) is 14.5 Å². The zero-order chi connectivity index (χ0) is 21.6. The Labute approximate surface area is 173 Å². The van der Waals surface area contributed by atoms with Crippen LogP contribution >= 0.6 is 11.3 Å². The van der Waals surface area contributed by atoms with Crippen molar-refractivity contribution in [2.24, 2.45) is 13.0 Å². The average molecular weight is 454 g/mol. The molecule has 1 fully saturated rings. The van der Waals surface area contributed by atoms with Gasteiger partial charge < -0.3 is 5.32 Å². The minimum absolute atomic E-state index is 0.0528. The number of nitrogens with one attached hydrogen (secondary N) is 2. The highest BCUT2D eigenvalue weighted by atomic mass is 32.2. The number of fused-ring (bicyclic) bond motifs is 1. The molecule has 4 rings (SSSR count). The number of benzene rings is 1. The van der Waals surface area contributed by atoms with Gasteiger partial charge in [0.2, 0.25) is 5.91 Å². The average Bonchev–Trinajstić information content (AvgIpc) is 3.36. The number of anilines is 1. The lowest BCUT2D eigenvalue weighted by Crippen LogP contribution is -2.31. The molecule has 8 nitrogen and oxygen atoms in total. The Bertz CT molecular complexity index is 1260. The zero-order valence-corrected chi connectivity index (χ0v) is 17.2. The van der Waals surface area contributed by atoms with Gasteiger partial charge in [0.05, 0.1) is 10.6 Å². The molecule has 0 unspecified atom stereocenters. The maximum absolute atomic E-state index is 13.1. The van der Waals surface area contributed by atoms with E-state index in [4.69, 9.17) is 0 Å². The molecular weight excluding hydrogens is 438 g/mol. The molecule has 2 amide bonds. The topological polar surface area (TPSA) is 110 Å². The predicted octanol–water partition coefficient (Wildman–Crippen LogP) is 3.04. The van der Waals surface area contributed by atoms with Gasteiger partial charge in [-0.3, -0.25) is 14.3 Å². The molecule has 0 aliphatic heterocycles. The van der Waals surface area contributed by atoms with E-state index in [9.17, 15) is 26.8 Å². The predicted molar refractivity (Wildman–Crippen MR) is 106 cm³/mol. The van der Waals surface area contributed by atoms with Gasteiger partial charge in [0, 0.05) is 18.4 Å². The van der Waals surface area contributed by atoms with Crippen LogP contribution in [0, 0.1) is 5.92 Å². The van der Waals surface area contributed by atoms with Crippen molar-refractivity contribution in [2.75, 3.05) is 5.32 Å². The Balaban J connectivity index is 1.61. The molecular formula is C18H16F2N4O4S2. The minimum Gasteiger partial charge on any atom is -0.325 e. The van der Waals surface area contributed by atoms with E-state index in [1.165, 1.54) is 36.0 Å². The number of carbonyl (C=O) groups excluding carboxylic acids is 2. The maximum atomic E-state index is 13.1. The number of carbonyl (C=O) groups is 2. The number of aryl methyl sites for hydroxylation is 1. The fourth-order valence-electron chi connectivity index (χ4n) is 2.95. The van der Waals surface area contributed by atoms with Gasteiger partial charge in [0.25, 0.3) is 22.4 Å². The van der Waals surface area contributed by atoms with Gasteiger partial charge >= 0.3 is 0 Å². The van der Waals surface area contributed by atoms with Crippen LogP contribution in [0.5, 0.6) is 0 Å². The Morgan fingerprint density at radius 2 is 1.97 bits per heavy atom. The van der Waals surface area contributed by atoms with Crippen molar-refractivity contribution in [3.63, 3.8) is 0 Å². The molecule has 158 valence electrons. The first kappa shape index (κ1) is 20.4. The van der Waals surface area contributed by atoms with E-state index in [0.717, 1.165) is 24.2 Å². The third-order valence-corrected chi connectivity index (χ3v) is 7.17. The number of hydrogen-bond acceptors (Lipinski definition) is 6. The van der Waals surface area contributed by atoms with Crippen LogP contribution < -0.4 is 10.0 Å². The quantitative estimate of drug-likeness (QED) is 0.595. The number of para-hydroxylation sites is 1. The normalized spacial score (nSPS) is 14.3. The molecule has 1 aromatic carbocycles. The highest BCUT2D eigenvalue weighted by Gasteiger charge is 2.31. The largest absolute Gasteiger partial charge is 0.325 e. The van der Waals surface area contributed by atoms with Crippen molar-refractivity contribution in [1.82, 2.24) is 14.5 Å². The van der Waals surface area contributed by atoms with Crippen molar-refractivity contribution in [1.29, 1.82) is 0 Å². The van der Waals surface area contributed by atoms with E-state index in [0.29, 0.717) is 4.83 Å². The summed E-state index contributed by atoms with van der Waals surface area (Å²) < 4.78 is 55.0.